The summed E-state index contributed by atoms with van der Waals surface area (Å²) in [6, 6.07) is 3.05. The van der Waals surface area contributed by atoms with Gasteiger partial charge in [0.1, 0.15) is 17.2 Å². The van der Waals surface area contributed by atoms with Gasteiger partial charge >= 0.3 is 12.4 Å². The zero-order valence-electron chi connectivity index (χ0n) is 18.2. The van der Waals surface area contributed by atoms with Crippen LogP contribution in [-0.4, -0.2) is 35.8 Å². The highest BCUT2D eigenvalue weighted by Crippen LogP contribution is 2.40. The minimum atomic E-state index is -4.84. The van der Waals surface area contributed by atoms with Crippen molar-refractivity contribution in [2.24, 2.45) is 5.92 Å². The summed E-state index contributed by atoms with van der Waals surface area (Å²) in [5.74, 6) is -5.00. The molecule has 3 aromatic rings. The van der Waals surface area contributed by atoms with E-state index in [9.17, 15) is 35.1 Å². The third-order valence-corrected chi connectivity index (χ3v) is 5.41. The van der Waals surface area contributed by atoms with E-state index in [-0.39, 0.29) is 60.6 Å². The Morgan fingerprint density at radius 1 is 0.917 bits per heavy atom. The summed E-state index contributed by atoms with van der Waals surface area (Å²) < 4.78 is 105. The van der Waals surface area contributed by atoms with E-state index in [0.29, 0.717) is 12.5 Å². The van der Waals surface area contributed by atoms with Crippen molar-refractivity contribution in [3.8, 4) is 11.5 Å². The quantitative estimate of drug-likeness (QED) is 0.408. The van der Waals surface area contributed by atoms with Gasteiger partial charge in [-0.05, 0) is 37.0 Å². The predicted octanol–water partition coefficient (Wildman–Crippen LogP) is 5.87. The Labute approximate surface area is 198 Å². The van der Waals surface area contributed by atoms with E-state index >= 15 is 0 Å². The highest BCUT2D eigenvalue weighted by molar-refractivity contribution is 5.56. The maximum atomic E-state index is 13.5. The molecule has 0 bridgehead atoms. The number of aromatic nitrogens is 6. The van der Waals surface area contributed by atoms with E-state index in [1.807, 2.05) is 0 Å². The van der Waals surface area contributed by atoms with Gasteiger partial charge in [0.25, 0.3) is 0 Å². The van der Waals surface area contributed by atoms with Crippen molar-refractivity contribution >= 4 is 11.6 Å². The Morgan fingerprint density at radius 2 is 1.67 bits per heavy atom. The summed E-state index contributed by atoms with van der Waals surface area (Å²) >= 11 is 0. The molecule has 0 saturated heterocycles. The maximum Gasteiger partial charge on any atom is 0.451 e. The van der Waals surface area contributed by atoms with Crippen LogP contribution in [0.1, 0.15) is 43.0 Å². The Bertz CT molecular complexity index is 1230. The number of hydrogen-bond acceptors (Lipinski definition) is 7. The number of rotatable bonds is 6. The fraction of sp³-hybridized carbons (Fsp3) is 0.429. The molecular weight excluding hydrogens is 502 g/mol. The molecule has 1 atom stereocenters. The van der Waals surface area contributed by atoms with Crippen molar-refractivity contribution < 1.29 is 35.1 Å². The topological polar surface area (TPSA) is 89.4 Å². The zero-order chi connectivity index (χ0) is 26.1. The van der Waals surface area contributed by atoms with Gasteiger partial charge < -0.3 is 5.32 Å². The number of nitrogens with one attached hydrogen (secondary N) is 1. The molecule has 0 radical (unpaired) electrons. The molecule has 1 saturated carbocycles. The van der Waals surface area contributed by atoms with E-state index in [4.69, 9.17) is 0 Å². The first kappa shape index (κ1) is 25.6. The first-order chi connectivity index (χ1) is 16.8. The van der Waals surface area contributed by atoms with Gasteiger partial charge in [-0.3, -0.25) is 4.98 Å². The number of nitrogens with zero attached hydrogens (tertiary/aromatic N) is 6. The summed E-state index contributed by atoms with van der Waals surface area (Å²) in [7, 11) is 0. The average Bonchev–Trinajstić information content (AvgIpc) is 3.15. The van der Waals surface area contributed by atoms with Gasteiger partial charge in [0.05, 0.1) is 0 Å². The number of pyridine rings is 1. The van der Waals surface area contributed by atoms with Crippen LogP contribution in [0.25, 0.3) is 11.5 Å². The van der Waals surface area contributed by atoms with Gasteiger partial charge in [0.2, 0.25) is 17.7 Å². The first-order valence-corrected chi connectivity index (χ1v) is 10.6. The third-order valence-electron chi connectivity index (χ3n) is 5.41. The number of aryl methyl sites for hydroxylation is 1. The first-order valence-electron chi connectivity index (χ1n) is 10.6. The van der Waals surface area contributed by atoms with Gasteiger partial charge in [-0.25, -0.2) is 23.7 Å². The van der Waals surface area contributed by atoms with Gasteiger partial charge in [0.15, 0.2) is 5.82 Å². The Kier molecular flexibility index (Phi) is 6.75. The lowest BCUT2D eigenvalue weighted by atomic mass is 10.0. The molecule has 1 fully saturated rings. The van der Waals surface area contributed by atoms with Crippen molar-refractivity contribution in [3.05, 3.63) is 47.9 Å². The molecule has 0 aliphatic heterocycles. The predicted molar refractivity (Wildman–Crippen MR) is 109 cm³/mol. The van der Waals surface area contributed by atoms with E-state index in [2.05, 4.69) is 35.2 Å². The lowest BCUT2D eigenvalue weighted by Crippen LogP contribution is -2.13. The van der Waals surface area contributed by atoms with Crippen LogP contribution in [0.2, 0.25) is 0 Å². The molecule has 36 heavy (non-hydrogen) atoms. The van der Waals surface area contributed by atoms with Crippen molar-refractivity contribution in [2.45, 2.75) is 50.4 Å². The third kappa shape index (κ3) is 6.37. The number of halogens is 8. The van der Waals surface area contributed by atoms with E-state index in [1.54, 1.807) is 0 Å². The largest absolute Gasteiger partial charge is 0.451 e. The maximum absolute atomic E-state index is 13.5. The van der Waals surface area contributed by atoms with Crippen molar-refractivity contribution in [1.82, 2.24) is 29.9 Å². The van der Waals surface area contributed by atoms with Crippen LogP contribution < -0.4 is 5.32 Å². The minimum Gasteiger partial charge on any atom is -0.324 e. The summed E-state index contributed by atoms with van der Waals surface area (Å²) in [6.07, 6.45) is -7.65. The molecule has 0 spiro atoms. The second-order valence-electron chi connectivity index (χ2n) is 8.22. The standard InChI is InChI=1S/C21H17F8N7/c22-19(23)6-3-11(10-19)1-2-15-34-16(13-5-8-31-17(33-13)21(27,28)29)36-18(35-15)32-12-4-7-30-14(9-12)20(24,25)26/h4-5,7-9,11H,1-3,6,10H2,(H,30,32,34,35,36)/t11-/m0/s1. The molecule has 3 aromatic heterocycles. The van der Waals surface area contributed by atoms with Gasteiger partial charge in [-0.15, -0.1) is 0 Å². The SMILES string of the molecule is FC1(F)CC[C@H](CCc2nc(Nc3ccnc(C(F)(F)F)c3)nc(-c3ccnc(C(F)(F)F)n3)n2)C1. The molecule has 3 heterocycles. The molecule has 7 nitrogen and oxygen atoms in total. The van der Waals surface area contributed by atoms with Crippen molar-refractivity contribution in [3.63, 3.8) is 0 Å². The van der Waals surface area contributed by atoms with E-state index < -0.39 is 29.8 Å². The fourth-order valence-corrected chi connectivity index (χ4v) is 3.74. The molecule has 0 aromatic carbocycles. The van der Waals surface area contributed by atoms with Crippen LogP contribution in [0.15, 0.2) is 30.6 Å². The smallest absolute Gasteiger partial charge is 0.324 e. The highest BCUT2D eigenvalue weighted by atomic mass is 19.4. The molecule has 1 N–H and O–H groups in total. The normalized spacial score (nSPS) is 17.8. The molecule has 1 aliphatic rings. The van der Waals surface area contributed by atoms with Crippen LogP contribution in [0.3, 0.4) is 0 Å². The van der Waals surface area contributed by atoms with Crippen molar-refractivity contribution in [1.29, 1.82) is 0 Å². The molecule has 1 aliphatic carbocycles. The minimum absolute atomic E-state index is 0.0509. The average molecular weight is 519 g/mol. The van der Waals surface area contributed by atoms with Crippen LogP contribution in [0.4, 0.5) is 46.8 Å². The molecule has 0 amide bonds. The van der Waals surface area contributed by atoms with E-state index in [1.165, 1.54) is 6.07 Å². The lowest BCUT2D eigenvalue weighted by Gasteiger charge is -2.13. The number of hydrogen-bond donors (Lipinski definition) is 1. The zero-order valence-corrected chi connectivity index (χ0v) is 18.2. The van der Waals surface area contributed by atoms with Gasteiger partial charge in [-0.1, -0.05) is 0 Å². The lowest BCUT2D eigenvalue weighted by molar-refractivity contribution is -0.145. The van der Waals surface area contributed by atoms with Gasteiger partial charge in [-0.2, -0.15) is 36.3 Å². The summed E-state index contributed by atoms with van der Waals surface area (Å²) in [4.78, 5) is 22.1. The fourth-order valence-electron chi connectivity index (χ4n) is 3.74. The summed E-state index contributed by atoms with van der Waals surface area (Å²) in [5, 5.41) is 2.57. The van der Waals surface area contributed by atoms with E-state index in [0.717, 1.165) is 18.5 Å². The van der Waals surface area contributed by atoms with Gasteiger partial charge in [0, 0.05) is 37.3 Å². The van der Waals surface area contributed by atoms with Crippen LogP contribution in [-0.2, 0) is 18.8 Å². The van der Waals surface area contributed by atoms with Crippen LogP contribution in [0, 0.1) is 5.92 Å². The number of alkyl halides is 8. The molecule has 0 unspecified atom stereocenters. The van der Waals surface area contributed by atoms with Crippen LogP contribution in [0.5, 0.6) is 0 Å². The van der Waals surface area contributed by atoms with Crippen molar-refractivity contribution in [2.75, 3.05) is 5.32 Å². The second-order valence-corrected chi connectivity index (χ2v) is 8.22. The second kappa shape index (κ2) is 9.50. The Morgan fingerprint density at radius 3 is 2.33 bits per heavy atom. The Hall–Kier alpha value is -3.52. The molecule has 15 heteroatoms. The Balaban J connectivity index is 1.66. The molecule has 192 valence electrons. The highest BCUT2D eigenvalue weighted by Gasteiger charge is 2.39. The molecular formula is C21H17F8N7. The summed E-state index contributed by atoms with van der Waals surface area (Å²) in [5.41, 5.74) is -1.58. The molecule has 4 rings (SSSR count). The monoisotopic (exact) mass is 519 g/mol. The summed E-state index contributed by atoms with van der Waals surface area (Å²) in [6.45, 7) is 0. The van der Waals surface area contributed by atoms with Crippen LogP contribution >= 0.6 is 0 Å². The number of anilines is 2.